The molecule has 0 aliphatic carbocycles. The summed E-state index contributed by atoms with van der Waals surface area (Å²) in [6.07, 6.45) is -1.01. The van der Waals surface area contributed by atoms with Gasteiger partial charge in [0.25, 0.3) is 11.5 Å². The summed E-state index contributed by atoms with van der Waals surface area (Å²) in [5, 5.41) is 12.8. The molecule has 0 aliphatic rings. The highest BCUT2D eigenvalue weighted by Gasteiger charge is 2.18. The molecule has 1 N–H and O–H groups in total. The van der Waals surface area contributed by atoms with Gasteiger partial charge in [0.2, 0.25) is 0 Å². The summed E-state index contributed by atoms with van der Waals surface area (Å²) in [6.45, 7) is 1.92. The molecule has 8 nitrogen and oxygen atoms in total. The van der Waals surface area contributed by atoms with E-state index in [1.165, 1.54) is 18.3 Å². The fourth-order valence-electron chi connectivity index (χ4n) is 2.41. The van der Waals surface area contributed by atoms with Gasteiger partial charge in [-0.1, -0.05) is 23.4 Å². The molecule has 0 bridgehead atoms. The number of aryl methyl sites for hydroxylation is 1. The molecule has 2 aromatic heterocycles. The first-order valence-electron chi connectivity index (χ1n) is 8.36. The number of esters is 1. The van der Waals surface area contributed by atoms with E-state index in [0.717, 1.165) is 9.56 Å². The lowest BCUT2D eigenvalue weighted by molar-refractivity contribution is -0.155. The van der Waals surface area contributed by atoms with Gasteiger partial charge in [-0.05, 0) is 30.5 Å². The molecule has 9 heteroatoms. The van der Waals surface area contributed by atoms with Crippen molar-refractivity contribution in [3.05, 3.63) is 57.0 Å². The van der Waals surface area contributed by atoms with Crippen molar-refractivity contribution in [1.82, 2.24) is 20.3 Å². The smallest absolute Gasteiger partial charge is 0.308 e. The minimum Gasteiger partial charge on any atom is -0.452 e. The number of hydrogen-bond acceptors (Lipinski definition) is 7. The Morgan fingerprint density at radius 3 is 2.85 bits per heavy atom. The maximum Gasteiger partial charge on any atom is 0.308 e. The molecule has 1 unspecified atom stereocenters. The van der Waals surface area contributed by atoms with Gasteiger partial charge in [-0.25, -0.2) is 4.68 Å². The highest BCUT2D eigenvalue weighted by Crippen LogP contribution is 2.08. The van der Waals surface area contributed by atoms with E-state index in [2.05, 4.69) is 15.6 Å². The lowest BCUT2D eigenvalue weighted by Crippen LogP contribution is -2.35. The quantitative estimate of drug-likeness (QED) is 0.617. The molecule has 0 saturated heterocycles. The zero-order valence-corrected chi connectivity index (χ0v) is 15.4. The molecule has 0 radical (unpaired) electrons. The Kier molecular flexibility index (Phi) is 5.92. The molecule has 27 heavy (non-hydrogen) atoms. The van der Waals surface area contributed by atoms with Crippen LogP contribution in [0.2, 0.25) is 0 Å². The number of benzene rings is 1. The van der Waals surface area contributed by atoms with E-state index in [1.54, 1.807) is 24.3 Å². The second kappa shape index (κ2) is 8.54. The Morgan fingerprint density at radius 2 is 2.07 bits per heavy atom. The van der Waals surface area contributed by atoms with Crippen molar-refractivity contribution in [3.8, 4) is 0 Å². The average Bonchev–Trinajstić information content (AvgIpc) is 3.19. The van der Waals surface area contributed by atoms with E-state index in [9.17, 15) is 14.4 Å². The van der Waals surface area contributed by atoms with Crippen molar-refractivity contribution in [3.63, 3.8) is 0 Å². The van der Waals surface area contributed by atoms with E-state index in [4.69, 9.17) is 4.74 Å². The molecule has 1 aromatic carbocycles. The molecule has 140 valence electrons. The van der Waals surface area contributed by atoms with Gasteiger partial charge in [0.05, 0.1) is 24.9 Å². The maximum absolute atomic E-state index is 12.3. The fraction of sp³-hybridized carbons (Fsp3) is 0.278. The van der Waals surface area contributed by atoms with Crippen LogP contribution in [0.4, 0.5) is 0 Å². The number of carbonyl (C=O) groups excluding carboxylic acids is 2. The van der Waals surface area contributed by atoms with Gasteiger partial charge in [-0.15, -0.1) is 16.4 Å². The first-order valence-corrected chi connectivity index (χ1v) is 9.24. The molecule has 3 aromatic rings. The van der Waals surface area contributed by atoms with Crippen molar-refractivity contribution in [2.45, 2.75) is 32.5 Å². The number of carbonyl (C=O) groups is 2. The number of thiophene rings is 1. The summed E-state index contributed by atoms with van der Waals surface area (Å²) >= 11 is 1.53. The van der Waals surface area contributed by atoms with Gasteiger partial charge in [0.15, 0.2) is 6.10 Å². The maximum atomic E-state index is 12.3. The molecular weight excluding hydrogens is 368 g/mol. The number of ether oxygens (including phenoxy) is 1. The Labute approximate surface area is 158 Å². The van der Waals surface area contributed by atoms with E-state index < -0.39 is 12.1 Å². The molecule has 1 amide bonds. The lowest BCUT2D eigenvalue weighted by Gasteiger charge is -2.13. The second-order valence-corrected chi connectivity index (χ2v) is 6.85. The third-order valence-electron chi connectivity index (χ3n) is 3.85. The average molecular weight is 386 g/mol. The number of nitrogens with zero attached hydrogens (tertiary/aromatic N) is 3. The summed E-state index contributed by atoms with van der Waals surface area (Å²) < 4.78 is 6.24. The van der Waals surface area contributed by atoms with E-state index in [-0.39, 0.29) is 24.4 Å². The van der Waals surface area contributed by atoms with Gasteiger partial charge >= 0.3 is 5.97 Å². The van der Waals surface area contributed by atoms with Crippen molar-refractivity contribution in [2.75, 3.05) is 0 Å². The van der Waals surface area contributed by atoms with Gasteiger partial charge in [0.1, 0.15) is 5.52 Å². The van der Waals surface area contributed by atoms with Crippen LogP contribution >= 0.6 is 11.3 Å². The number of rotatable bonds is 7. The zero-order chi connectivity index (χ0) is 19.2. The van der Waals surface area contributed by atoms with Crippen molar-refractivity contribution >= 4 is 34.1 Å². The summed E-state index contributed by atoms with van der Waals surface area (Å²) in [5.41, 5.74) is 0.174. The van der Waals surface area contributed by atoms with Crippen LogP contribution in [-0.4, -0.2) is 33.0 Å². The predicted octanol–water partition coefficient (Wildman–Crippen LogP) is 1.49. The third kappa shape index (κ3) is 4.76. The molecule has 0 spiro atoms. The molecule has 3 rings (SSSR count). The van der Waals surface area contributed by atoms with E-state index >= 15 is 0 Å². The second-order valence-electron chi connectivity index (χ2n) is 5.81. The minimum atomic E-state index is -0.920. The van der Waals surface area contributed by atoms with Gasteiger partial charge in [-0.3, -0.25) is 14.4 Å². The largest absolute Gasteiger partial charge is 0.452 e. The Morgan fingerprint density at radius 1 is 1.26 bits per heavy atom. The molecule has 0 fully saturated rings. The van der Waals surface area contributed by atoms with Crippen molar-refractivity contribution in [2.24, 2.45) is 0 Å². The number of nitrogens with one attached hydrogen (secondary N) is 1. The Hall–Kier alpha value is -3.07. The highest BCUT2D eigenvalue weighted by atomic mass is 32.1. The van der Waals surface area contributed by atoms with E-state index in [1.807, 2.05) is 17.5 Å². The molecule has 0 aliphatic heterocycles. The molecule has 1 atom stereocenters. The van der Waals surface area contributed by atoms with Crippen LogP contribution < -0.4 is 10.9 Å². The van der Waals surface area contributed by atoms with E-state index in [0.29, 0.717) is 17.4 Å². The Bertz CT molecular complexity index is 1000. The van der Waals surface area contributed by atoms with Crippen LogP contribution in [0, 0.1) is 0 Å². The van der Waals surface area contributed by atoms with Crippen LogP contribution in [0.1, 0.15) is 18.2 Å². The number of amides is 1. The first-order chi connectivity index (χ1) is 13.0. The lowest BCUT2D eigenvalue weighted by atomic mass is 10.2. The summed E-state index contributed by atoms with van der Waals surface area (Å²) in [7, 11) is 0. The third-order valence-corrected chi connectivity index (χ3v) is 4.73. The number of fused-ring (bicyclic) bond motifs is 1. The summed E-state index contributed by atoms with van der Waals surface area (Å²) in [5.74, 6) is -0.963. The van der Waals surface area contributed by atoms with Crippen LogP contribution in [0.3, 0.4) is 0 Å². The SMILES string of the molecule is CC(OC(=O)CCn1nnc2ccccc2c1=O)C(=O)NCc1cccs1. The van der Waals surface area contributed by atoms with Gasteiger partial charge < -0.3 is 10.1 Å². The monoisotopic (exact) mass is 386 g/mol. The standard InChI is InChI=1S/C18H18N4O4S/c1-12(17(24)19-11-13-5-4-10-27-13)26-16(23)8-9-22-18(25)14-6-2-3-7-15(14)20-21-22/h2-7,10,12H,8-9,11H2,1H3,(H,19,24). The molecule has 0 saturated carbocycles. The van der Waals surface area contributed by atoms with Crippen LogP contribution in [-0.2, 0) is 27.4 Å². The van der Waals surface area contributed by atoms with Gasteiger partial charge in [-0.2, -0.15) is 0 Å². The van der Waals surface area contributed by atoms with Gasteiger partial charge in [0, 0.05) is 4.88 Å². The van der Waals surface area contributed by atoms with Crippen molar-refractivity contribution < 1.29 is 14.3 Å². The summed E-state index contributed by atoms with van der Waals surface area (Å²) in [4.78, 5) is 37.3. The topological polar surface area (TPSA) is 103 Å². The van der Waals surface area contributed by atoms with Crippen LogP contribution in [0.5, 0.6) is 0 Å². The van der Waals surface area contributed by atoms with Crippen molar-refractivity contribution in [1.29, 1.82) is 0 Å². The molecule has 2 heterocycles. The van der Waals surface area contributed by atoms with Crippen LogP contribution in [0.25, 0.3) is 10.9 Å². The van der Waals surface area contributed by atoms with Crippen LogP contribution in [0.15, 0.2) is 46.6 Å². The number of aromatic nitrogens is 3. The predicted molar refractivity (Wildman–Crippen MR) is 100 cm³/mol. The Balaban J connectivity index is 1.51. The normalized spacial score (nSPS) is 11.9. The zero-order valence-electron chi connectivity index (χ0n) is 14.6. The molecular formula is C18H18N4O4S. The first kappa shape index (κ1) is 18.7. The number of hydrogen-bond donors (Lipinski definition) is 1. The minimum absolute atomic E-state index is 0.0268. The summed E-state index contributed by atoms with van der Waals surface area (Å²) in [6, 6.07) is 10.7. The highest BCUT2D eigenvalue weighted by molar-refractivity contribution is 7.09. The fourth-order valence-corrected chi connectivity index (χ4v) is 3.05.